The minimum atomic E-state index is -0.139. The van der Waals surface area contributed by atoms with Crippen LogP contribution in [-0.4, -0.2) is 34.7 Å². The quantitative estimate of drug-likeness (QED) is 0.927. The molecular formula is C13H21BrN2O2. The molecule has 0 radical (unpaired) electrons. The van der Waals surface area contributed by atoms with Crippen molar-refractivity contribution in [1.29, 1.82) is 0 Å². The van der Waals surface area contributed by atoms with Gasteiger partial charge in [-0.3, -0.25) is 4.68 Å². The van der Waals surface area contributed by atoms with E-state index >= 15 is 0 Å². The number of aliphatic hydroxyl groups excluding tert-OH is 1. The Morgan fingerprint density at radius 1 is 1.56 bits per heavy atom. The Bertz CT molecular complexity index is 411. The van der Waals surface area contributed by atoms with Crippen molar-refractivity contribution < 1.29 is 9.84 Å². The molecule has 5 heteroatoms. The molecule has 2 rings (SSSR count). The van der Waals surface area contributed by atoms with Crippen LogP contribution in [0.2, 0.25) is 0 Å². The van der Waals surface area contributed by atoms with Crippen LogP contribution in [0.4, 0.5) is 0 Å². The van der Waals surface area contributed by atoms with Gasteiger partial charge in [-0.05, 0) is 42.6 Å². The van der Waals surface area contributed by atoms with Gasteiger partial charge in [0, 0.05) is 25.0 Å². The molecule has 1 aromatic rings. The Morgan fingerprint density at radius 3 is 2.89 bits per heavy atom. The van der Waals surface area contributed by atoms with Gasteiger partial charge in [0.2, 0.25) is 0 Å². The second-order valence-corrected chi connectivity index (χ2v) is 5.95. The number of halogens is 1. The van der Waals surface area contributed by atoms with Crippen LogP contribution in [-0.2, 0) is 17.7 Å². The minimum absolute atomic E-state index is 0.139. The highest BCUT2D eigenvalue weighted by Crippen LogP contribution is 2.35. The Kier molecular flexibility index (Phi) is 4.45. The van der Waals surface area contributed by atoms with E-state index in [4.69, 9.17) is 4.74 Å². The lowest BCUT2D eigenvalue weighted by Crippen LogP contribution is -2.38. The van der Waals surface area contributed by atoms with Crippen LogP contribution in [0.1, 0.15) is 31.2 Å². The van der Waals surface area contributed by atoms with E-state index < -0.39 is 0 Å². The minimum Gasteiger partial charge on any atom is -0.396 e. The molecule has 1 N–H and O–H groups in total. The van der Waals surface area contributed by atoms with Crippen molar-refractivity contribution in [3.8, 4) is 0 Å². The highest BCUT2D eigenvalue weighted by atomic mass is 79.9. The van der Waals surface area contributed by atoms with Crippen LogP contribution in [0.5, 0.6) is 0 Å². The Morgan fingerprint density at radius 2 is 2.33 bits per heavy atom. The van der Waals surface area contributed by atoms with E-state index in [9.17, 15) is 5.11 Å². The summed E-state index contributed by atoms with van der Waals surface area (Å²) in [5.41, 5.74) is 2.05. The maximum atomic E-state index is 9.74. The average Bonchev–Trinajstić information content (AvgIpc) is 2.67. The van der Waals surface area contributed by atoms with E-state index in [-0.39, 0.29) is 12.0 Å². The molecule has 1 fully saturated rings. The predicted molar refractivity (Wildman–Crippen MR) is 73.6 cm³/mol. The van der Waals surface area contributed by atoms with E-state index in [1.54, 1.807) is 0 Å². The molecular weight excluding hydrogens is 296 g/mol. The van der Waals surface area contributed by atoms with Gasteiger partial charge in [0.1, 0.15) is 0 Å². The first kappa shape index (κ1) is 14.0. The summed E-state index contributed by atoms with van der Waals surface area (Å²) in [5, 5.41) is 14.2. The second kappa shape index (κ2) is 5.72. The van der Waals surface area contributed by atoms with Gasteiger partial charge in [0.05, 0.1) is 29.1 Å². The molecule has 0 saturated carbocycles. The lowest BCUT2D eigenvalue weighted by Gasteiger charge is -2.35. The van der Waals surface area contributed by atoms with Crippen LogP contribution >= 0.6 is 15.9 Å². The van der Waals surface area contributed by atoms with Crippen molar-refractivity contribution in [2.24, 2.45) is 5.41 Å². The van der Waals surface area contributed by atoms with E-state index in [1.165, 1.54) is 5.69 Å². The molecule has 1 saturated heterocycles. The third-order valence-corrected chi connectivity index (χ3v) is 4.77. The van der Waals surface area contributed by atoms with Crippen LogP contribution in [0.3, 0.4) is 0 Å². The SMILES string of the molecule is CCn1nc(C)c(Br)c1CC1(CO)CCCOC1. The smallest absolute Gasteiger partial charge is 0.0738 e. The standard InChI is InChI=1S/C13H21BrN2O2/c1-3-16-11(12(14)10(2)15-16)7-13(8-17)5-4-6-18-9-13/h17H,3-9H2,1-2H3. The zero-order valence-electron chi connectivity index (χ0n) is 11.1. The first-order valence-corrected chi connectivity index (χ1v) is 7.31. The molecule has 0 bridgehead atoms. The van der Waals surface area contributed by atoms with E-state index in [0.29, 0.717) is 6.61 Å². The fourth-order valence-corrected chi connectivity index (χ4v) is 3.05. The number of aliphatic hydroxyl groups is 1. The molecule has 1 aromatic heterocycles. The maximum absolute atomic E-state index is 9.74. The molecule has 1 unspecified atom stereocenters. The van der Waals surface area contributed by atoms with Gasteiger partial charge in [-0.15, -0.1) is 0 Å². The molecule has 0 spiro atoms. The Labute approximate surface area is 116 Å². The number of rotatable bonds is 4. The van der Waals surface area contributed by atoms with Gasteiger partial charge >= 0.3 is 0 Å². The number of nitrogens with zero attached hydrogens (tertiary/aromatic N) is 2. The lowest BCUT2D eigenvalue weighted by atomic mass is 9.79. The van der Waals surface area contributed by atoms with Crippen LogP contribution in [0.15, 0.2) is 4.47 Å². The van der Waals surface area contributed by atoms with E-state index in [0.717, 1.165) is 42.6 Å². The molecule has 4 nitrogen and oxygen atoms in total. The largest absolute Gasteiger partial charge is 0.396 e. The predicted octanol–water partition coefficient (Wildman–Crippen LogP) is 2.31. The summed E-state index contributed by atoms with van der Waals surface area (Å²) < 4.78 is 8.66. The van der Waals surface area contributed by atoms with Gasteiger partial charge in [0.25, 0.3) is 0 Å². The van der Waals surface area contributed by atoms with Gasteiger partial charge in [-0.2, -0.15) is 5.10 Å². The number of aromatic nitrogens is 2. The van der Waals surface area contributed by atoms with Gasteiger partial charge in [-0.25, -0.2) is 0 Å². The van der Waals surface area contributed by atoms with E-state index in [2.05, 4.69) is 28.0 Å². The van der Waals surface area contributed by atoms with Crippen molar-refractivity contribution in [1.82, 2.24) is 9.78 Å². The Hall–Kier alpha value is -0.390. The van der Waals surface area contributed by atoms with Crippen molar-refractivity contribution in [3.63, 3.8) is 0 Å². The lowest BCUT2D eigenvalue weighted by molar-refractivity contribution is -0.0389. The van der Waals surface area contributed by atoms with Crippen LogP contribution in [0, 0.1) is 12.3 Å². The summed E-state index contributed by atoms with van der Waals surface area (Å²) >= 11 is 3.62. The monoisotopic (exact) mass is 316 g/mol. The zero-order chi connectivity index (χ0) is 13.2. The summed E-state index contributed by atoms with van der Waals surface area (Å²) in [6, 6.07) is 0. The summed E-state index contributed by atoms with van der Waals surface area (Å²) in [6.45, 7) is 6.57. The summed E-state index contributed by atoms with van der Waals surface area (Å²) in [7, 11) is 0. The van der Waals surface area contributed by atoms with Crippen molar-refractivity contribution in [2.45, 2.75) is 39.7 Å². The van der Waals surface area contributed by atoms with Crippen LogP contribution in [0.25, 0.3) is 0 Å². The van der Waals surface area contributed by atoms with Crippen molar-refractivity contribution in [3.05, 3.63) is 15.9 Å². The topological polar surface area (TPSA) is 47.3 Å². The summed E-state index contributed by atoms with van der Waals surface area (Å²) in [6.07, 6.45) is 2.86. The highest BCUT2D eigenvalue weighted by molar-refractivity contribution is 9.10. The zero-order valence-corrected chi connectivity index (χ0v) is 12.7. The van der Waals surface area contributed by atoms with Gasteiger partial charge < -0.3 is 9.84 Å². The molecule has 0 aliphatic carbocycles. The molecule has 1 aliphatic heterocycles. The molecule has 1 atom stereocenters. The number of ether oxygens (including phenoxy) is 1. The third-order valence-electron chi connectivity index (χ3n) is 3.73. The molecule has 1 aliphatic rings. The molecule has 18 heavy (non-hydrogen) atoms. The maximum Gasteiger partial charge on any atom is 0.0738 e. The number of aryl methyl sites for hydroxylation is 2. The fraction of sp³-hybridized carbons (Fsp3) is 0.769. The number of hydrogen-bond acceptors (Lipinski definition) is 3. The summed E-state index contributed by atoms with van der Waals surface area (Å²) in [4.78, 5) is 0. The van der Waals surface area contributed by atoms with Gasteiger partial charge in [0.15, 0.2) is 0 Å². The number of hydrogen-bond donors (Lipinski definition) is 1. The third kappa shape index (κ3) is 2.63. The van der Waals surface area contributed by atoms with Gasteiger partial charge in [-0.1, -0.05) is 0 Å². The second-order valence-electron chi connectivity index (χ2n) is 5.15. The first-order valence-electron chi connectivity index (χ1n) is 6.52. The molecule has 102 valence electrons. The highest BCUT2D eigenvalue weighted by Gasteiger charge is 2.34. The molecule has 0 aromatic carbocycles. The van der Waals surface area contributed by atoms with Crippen LogP contribution < -0.4 is 0 Å². The average molecular weight is 317 g/mol. The normalized spacial score (nSPS) is 24.4. The fourth-order valence-electron chi connectivity index (χ4n) is 2.62. The van der Waals surface area contributed by atoms with E-state index in [1.807, 2.05) is 11.6 Å². The molecule has 0 amide bonds. The first-order chi connectivity index (χ1) is 8.62. The molecule has 2 heterocycles. The van der Waals surface area contributed by atoms with Crippen molar-refractivity contribution >= 4 is 15.9 Å². The van der Waals surface area contributed by atoms with Crippen molar-refractivity contribution in [2.75, 3.05) is 19.8 Å². The summed E-state index contributed by atoms with van der Waals surface area (Å²) in [5.74, 6) is 0. The Balaban J connectivity index is 2.26.